The number of imidazole rings is 1. The van der Waals surface area contributed by atoms with Crippen LogP contribution in [0.25, 0.3) is 11.5 Å². The summed E-state index contributed by atoms with van der Waals surface area (Å²) in [5.41, 5.74) is 1.88. The predicted octanol–water partition coefficient (Wildman–Crippen LogP) is 2.39. The molecule has 4 nitrogen and oxygen atoms in total. The van der Waals surface area contributed by atoms with E-state index >= 15 is 0 Å². The van der Waals surface area contributed by atoms with Gasteiger partial charge in [-0.25, -0.2) is 4.98 Å². The lowest BCUT2D eigenvalue weighted by atomic mass is 10.3. The fourth-order valence-electron chi connectivity index (χ4n) is 1.83. The van der Waals surface area contributed by atoms with E-state index in [2.05, 4.69) is 15.0 Å². The normalized spacial score (nSPS) is 10.4. The van der Waals surface area contributed by atoms with E-state index in [0.29, 0.717) is 6.54 Å². The van der Waals surface area contributed by atoms with Gasteiger partial charge >= 0.3 is 0 Å². The number of pyridine rings is 2. The van der Waals surface area contributed by atoms with Gasteiger partial charge in [0.2, 0.25) is 0 Å². The number of nitrogens with zero attached hydrogens (tertiary/aromatic N) is 4. The van der Waals surface area contributed by atoms with Crippen LogP contribution in [0.15, 0.2) is 61.2 Å². The highest BCUT2D eigenvalue weighted by atomic mass is 15.1. The summed E-state index contributed by atoms with van der Waals surface area (Å²) in [4.78, 5) is 13.0. The van der Waals surface area contributed by atoms with Gasteiger partial charge in [-0.3, -0.25) is 9.97 Å². The van der Waals surface area contributed by atoms with Gasteiger partial charge in [0.1, 0.15) is 5.69 Å². The molecule has 0 aromatic carbocycles. The van der Waals surface area contributed by atoms with Crippen LogP contribution in [0.5, 0.6) is 0 Å². The molecular formula is C14H12N4. The summed E-state index contributed by atoms with van der Waals surface area (Å²) >= 11 is 0. The first-order valence-corrected chi connectivity index (χ1v) is 5.76. The van der Waals surface area contributed by atoms with Crippen molar-refractivity contribution in [2.24, 2.45) is 0 Å². The van der Waals surface area contributed by atoms with E-state index in [9.17, 15) is 0 Å². The van der Waals surface area contributed by atoms with E-state index in [-0.39, 0.29) is 0 Å². The largest absolute Gasteiger partial charge is 0.324 e. The van der Waals surface area contributed by atoms with Gasteiger partial charge in [0.05, 0.1) is 12.2 Å². The Kier molecular flexibility index (Phi) is 2.84. The second kappa shape index (κ2) is 4.79. The zero-order chi connectivity index (χ0) is 12.2. The molecule has 0 aliphatic heterocycles. The maximum Gasteiger partial charge on any atom is 0.158 e. The highest BCUT2D eigenvalue weighted by Gasteiger charge is 2.07. The van der Waals surface area contributed by atoms with E-state index in [1.54, 1.807) is 18.6 Å². The van der Waals surface area contributed by atoms with Crippen molar-refractivity contribution < 1.29 is 0 Å². The van der Waals surface area contributed by atoms with Gasteiger partial charge in [-0.2, -0.15) is 0 Å². The van der Waals surface area contributed by atoms with Crippen LogP contribution in [0, 0.1) is 0 Å². The monoisotopic (exact) mass is 236 g/mol. The minimum absolute atomic E-state index is 0.701. The van der Waals surface area contributed by atoms with Crippen LogP contribution in [0.4, 0.5) is 0 Å². The summed E-state index contributed by atoms with van der Waals surface area (Å²) < 4.78 is 2.05. The Bertz CT molecular complexity index is 617. The lowest BCUT2D eigenvalue weighted by Crippen LogP contribution is -2.03. The number of aromatic nitrogens is 4. The maximum atomic E-state index is 4.36. The Morgan fingerprint density at radius 2 is 1.67 bits per heavy atom. The molecule has 0 N–H and O–H groups in total. The second-order valence-electron chi connectivity index (χ2n) is 3.91. The molecule has 3 aromatic rings. The van der Waals surface area contributed by atoms with Gasteiger partial charge in [-0.05, 0) is 24.3 Å². The Hall–Kier alpha value is -2.49. The number of hydrogen-bond donors (Lipinski definition) is 0. The molecule has 0 fully saturated rings. The molecule has 4 heteroatoms. The van der Waals surface area contributed by atoms with Crippen LogP contribution in [0.2, 0.25) is 0 Å². The molecule has 3 aromatic heterocycles. The molecule has 0 atom stereocenters. The van der Waals surface area contributed by atoms with Gasteiger partial charge < -0.3 is 4.57 Å². The highest BCUT2D eigenvalue weighted by Crippen LogP contribution is 2.14. The third-order valence-electron chi connectivity index (χ3n) is 2.67. The SMILES string of the molecule is c1ccc(Cn2ccnc2-c2ccccn2)nc1. The van der Waals surface area contributed by atoms with Crippen molar-refractivity contribution in [3.8, 4) is 11.5 Å². The van der Waals surface area contributed by atoms with Gasteiger partial charge in [-0.1, -0.05) is 12.1 Å². The minimum atomic E-state index is 0.701. The molecule has 0 aliphatic carbocycles. The summed E-state index contributed by atoms with van der Waals surface area (Å²) in [7, 11) is 0. The third-order valence-corrected chi connectivity index (χ3v) is 2.67. The third kappa shape index (κ3) is 2.13. The standard InChI is InChI=1S/C14H12N4/c1-3-7-15-12(5-1)11-18-10-9-17-14(18)13-6-2-4-8-16-13/h1-10H,11H2. The van der Waals surface area contributed by atoms with Crippen LogP contribution in [0.1, 0.15) is 5.69 Å². The first-order valence-electron chi connectivity index (χ1n) is 5.76. The molecule has 3 heterocycles. The zero-order valence-corrected chi connectivity index (χ0v) is 9.77. The second-order valence-corrected chi connectivity index (χ2v) is 3.91. The summed E-state index contributed by atoms with van der Waals surface area (Å²) in [6.45, 7) is 0.701. The van der Waals surface area contributed by atoms with Gasteiger partial charge in [0.15, 0.2) is 5.82 Å². The van der Waals surface area contributed by atoms with Gasteiger partial charge in [0.25, 0.3) is 0 Å². The van der Waals surface area contributed by atoms with E-state index in [1.165, 1.54) is 0 Å². The molecule has 0 saturated carbocycles. The highest BCUT2D eigenvalue weighted by molar-refractivity contribution is 5.49. The van der Waals surface area contributed by atoms with Crippen molar-refractivity contribution in [1.82, 2.24) is 19.5 Å². The van der Waals surface area contributed by atoms with E-state index < -0.39 is 0 Å². The smallest absolute Gasteiger partial charge is 0.158 e. The van der Waals surface area contributed by atoms with E-state index in [0.717, 1.165) is 17.2 Å². The molecule has 0 bridgehead atoms. The molecule has 0 amide bonds. The van der Waals surface area contributed by atoms with Crippen molar-refractivity contribution in [2.75, 3.05) is 0 Å². The molecule has 0 radical (unpaired) electrons. The first-order chi connectivity index (χ1) is 8.93. The fourth-order valence-corrected chi connectivity index (χ4v) is 1.83. The van der Waals surface area contributed by atoms with Crippen LogP contribution in [0.3, 0.4) is 0 Å². The lowest BCUT2D eigenvalue weighted by Gasteiger charge is -2.06. The zero-order valence-electron chi connectivity index (χ0n) is 9.77. The summed E-state index contributed by atoms with van der Waals surface area (Å²) in [5, 5.41) is 0. The quantitative estimate of drug-likeness (QED) is 0.701. The average molecular weight is 236 g/mol. The molecule has 0 aliphatic rings. The summed E-state index contributed by atoms with van der Waals surface area (Å²) in [6, 6.07) is 11.7. The van der Waals surface area contributed by atoms with Gasteiger partial charge in [0, 0.05) is 24.8 Å². The Morgan fingerprint density at radius 3 is 2.39 bits per heavy atom. The fraction of sp³-hybridized carbons (Fsp3) is 0.0714. The van der Waals surface area contributed by atoms with Gasteiger partial charge in [-0.15, -0.1) is 0 Å². The molecule has 3 rings (SSSR count). The van der Waals surface area contributed by atoms with Crippen molar-refractivity contribution in [3.05, 3.63) is 66.9 Å². The van der Waals surface area contributed by atoms with Crippen LogP contribution >= 0.6 is 0 Å². The first kappa shape index (κ1) is 10.7. The van der Waals surface area contributed by atoms with Crippen molar-refractivity contribution in [3.63, 3.8) is 0 Å². The van der Waals surface area contributed by atoms with Crippen LogP contribution in [-0.2, 0) is 6.54 Å². The maximum absolute atomic E-state index is 4.36. The molecule has 88 valence electrons. The Balaban J connectivity index is 1.93. The molecule has 0 saturated heterocycles. The van der Waals surface area contributed by atoms with Crippen LogP contribution < -0.4 is 0 Å². The minimum Gasteiger partial charge on any atom is -0.324 e. The van der Waals surface area contributed by atoms with Crippen molar-refractivity contribution in [2.45, 2.75) is 6.54 Å². The molecule has 0 unspecified atom stereocenters. The molecule has 0 spiro atoms. The number of hydrogen-bond acceptors (Lipinski definition) is 3. The lowest BCUT2D eigenvalue weighted by molar-refractivity contribution is 0.779. The summed E-state index contributed by atoms with van der Waals surface area (Å²) in [6.07, 6.45) is 7.30. The van der Waals surface area contributed by atoms with E-state index in [4.69, 9.17) is 0 Å². The number of rotatable bonds is 3. The van der Waals surface area contributed by atoms with Crippen LogP contribution in [-0.4, -0.2) is 19.5 Å². The topological polar surface area (TPSA) is 43.6 Å². The van der Waals surface area contributed by atoms with Crippen molar-refractivity contribution >= 4 is 0 Å². The molecule has 18 heavy (non-hydrogen) atoms. The Labute approximate surface area is 105 Å². The molecular weight excluding hydrogens is 224 g/mol. The summed E-state index contributed by atoms with van der Waals surface area (Å²) in [5.74, 6) is 0.862. The van der Waals surface area contributed by atoms with Crippen molar-refractivity contribution in [1.29, 1.82) is 0 Å². The Morgan fingerprint density at radius 1 is 0.833 bits per heavy atom. The predicted molar refractivity (Wildman–Crippen MR) is 68.8 cm³/mol. The average Bonchev–Trinajstić information content (AvgIpc) is 2.89. The van der Waals surface area contributed by atoms with E-state index in [1.807, 2.05) is 47.2 Å².